The molecule has 0 heterocycles. The molecule has 0 saturated heterocycles. The van der Waals surface area contributed by atoms with Crippen LogP contribution in [0.15, 0.2) is 24.3 Å². The van der Waals surface area contributed by atoms with Gasteiger partial charge < -0.3 is 14.8 Å². The van der Waals surface area contributed by atoms with Gasteiger partial charge in [0.15, 0.2) is 6.10 Å². The van der Waals surface area contributed by atoms with E-state index in [4.69, 9.17) is 16.3 Å². The summed E-state index contributed by atoms with van der Waals surface area (Å²) in [6, 6.07) is 6.57. The van der Waals surface area contributed by atoms with E-state index >= 15 is 0 Å². The summed E-state index contributed by atoms with van der Waals surface area (Å²) in [5.74, 6) is -1.11. The van der Waals surface area contributed by atoms with E-state index in [1.54, 1.807) is 24.3 Å². The van der Waals surface area contributed by atoms with E-state index in [2.05, 4.69) is 5.32 Å². The van der Waals surface area contributed by atoms with E-state index in [1.807, 2.05) is 0 Å². The Bertz CT molecular complexity index is 498. The number of hydrogen-bond acceptors (Lipinski definition) is 4. The molecule has 6 heteroatoms. The lowest BCUT2D eigenvalue weighted by atomic mass is 10.2. The lowest BCUT2D eigenvalue weighted by Crippen LogP contribution is -2.30. The lowest BCUT2D eigenvalue weighted by molar-refractivity contribution is -0.153. The van der Waals surface area contributed by atoms with Gasteiger partial charge in [0, 0.05) is 17.1 Å². The molecule has 1 atom stereocenters. The summed E-state index contributed by atoms with van der Waals surface area (Å²) in [4.78, 5) is 33.9. The van der Waals surface area contributed by atoms with Crippen molar-refractivity contribution in [2.24, 2.45) is 0 Å². The molecule has 1 aromatic rings. The molecule has 0 bridgehead atoms. The van der Waals surface area contributed by atoms with Crippen molar-refractivity contribution in [2.45, 2.75) is 32.8 Å². The third-order valence-electron chi connectivity index (χ3n) is 2.47. The minimum absolute atomic E-state index is 0.0199. The number of benzene rings is 1. The Morgan fingerprint density at radius 1 is 1.20 bits per heavy atom. The maximum atomic E-state index is 11.8. The molecular formula is C14H16ClNO4. The van der Waals surface area contributed by atoms with Gasteiger partial charge in [0.25, 0.3) is 5.91 Å². The number of Topliss-reactive ketones (excluding diaryl/α,β-unsaturated/α-hetero) is 1. The predicted octanol–water partition coefficient (Wildman–Crippen LogP) is 2.58. The Balaban J connectivity index is 2.44. The number of carbonyl (C=O) groups excluding carboxylic acids is 3. The van der Waals surface area contributed by atoms with E-state index in [0.29, 0.717) is 10.7 Å². The zero-order valence-electron chi connectivity index (χ0n) is 11.3. The van der Waals surface area contributed by atoms with Gasteiger partial charge in [-0.2, -0.15) is 0 Å². The number of hydrogen-bond donors (Lipinski definition) is 1. The number of ether oxygens (including phenoxy) is 1. The van der Waals surface area contributed by atoms with Crippen LogP contribution in [0.4, 0.5) is 5.69 Å². The summed E-state index contributed by atoms with van der Waals surface area (Å²) < 4.78 is 4.93. The number of carbonyl (C=O) groups is 3. The van der Waals surface area contributed by atoms with Crippen LogP contribution in [0.3, 0.4) is 0 Å². The molecule has 0 saturated carbocycles. The van der Waals surface area contributed by atoms with Crippen LogP contribution in [0.1, 0.15) is 26.7 Å². The van der Waals surface area contributed by atoms with Crippen LogP contribution in [0.25, 0.3) is 0 Å². The normalized spacial score (nSPS) is 11.6. The molecule has 5 nitrogen and oxygen atoms in total. The average molecular weight is 298 g/mol. The highest BCUT2D eigenvalue weighted by atomic mass is 35.5. The monoisotopic (exact) mass is 297 g/mol. The molecule has 0 fully saturated rings. The van der Waals surface area contributed by atoms with E-state index in [-0.39, 0.29) is 18.6 Å². The number of amides is 1. The Hall–Kier alpha value is -1.88. The zero-order chi connectivity index (χ0) is 15.1. The van der Waals surface area contributed by atoms with Crippen LogP contribution < -0.4 is 5.32 Å². The second-order valence-corrected chi connectivity index (χ2v) is 4.77. The van der Waals surface area contributed by atoms with Gasteiger partial charge in [-0.15, -0.1) is 0 Å². The Morgan fingerprint density at radius 3 is 2.35 bits per heavy atom. The molecule has 0 aliphatic rings. The van der Waals surface area contributed by atoms with E-state index in [9.17, 15) is 14.4 Å². The van der Waals surface area contributed by atoms with Crippen molar-refractivity contribution >= 4 is 34.9 Å². The van der Waals surface area contributed by atoms with Crippen LogP contribution in [-0.2, 0) is 19.1 Å². The van der Waals surface area contributed by atoms with Gasteiger partial charge >= 0.3 is 5.97 Å². The third kappa shape index (κ3) is 5.84. The molecule has 0 unspecified atom stereocenters. The van der Waals surface area contributed by atoms with Crippen LogP contribution in [-0.4, -0.2) is 23.8 Å². The quantitative estimate of drug-likeness (QED) is 0.819. The fourth-order valence-corrected chi connectivity index (χ4v) is 1.49. The summed E-state index contributed by atoms with van der Waals surface area (Å²) in [6.45, 7) is 2.86. The highest BCUT2D eigenvalue weighted by Gasteiger charge is 2.18. The first-order valence-corrected chi connectivity index (χ1v) is 6.51. The Kier molecular flexibility index (Phi) is 6.18. The van der Waals surface area contributed by atoms with Gasteiger partial charge in [-0.25, -0.2) is 0 Å². The number of halogens is 1. The summed E-state index contributed by atoms with van der Waals surface area (Å²) >= 11 is 5.73. The average Bonchev–Trinajstić information content (AvgIpc) is 2.39. The standard InChI is InChI=1S/C14H16ClNO4/c1-9(17)3-8-13(18)20-10(2)14(19)16-12-6-4-11(15)5-7-12/h4-7,10H,3,8H2,1-2H3,(H,16,19)/t10-/m0/s1. The maximum absolute atomic E-state index is 11.8. The maximum Gasteiger partial charge on any atom is 0.307 e. The molecular weight excluding hydrogens is 282 g/mol. The highest BCUT2D eigenvalue weighted by molar-refractivity contribution is 6.30. The Labute approximate surface area is 122 Å². The van der Waals surface area contributed by atoms with Gasteiger partial charge in [0.2, 0.25) is 0 Å². The van der Waals surface area contributed by atoms with Crippen LogP contribution in [0.5, 0.6) is 0 Å². The van der Waals surface area contributed by atoms with Gasteiger partial charge in [0.1, 0.15) is 5.78 Å². The zero-order valence-corrected chi connectivity index (χ0v) is 12.1. The van der Waals surface area contributed by atoms with Crippen molar-refractivity contribution in [1.29, 1.82) is 0 Å². The molecule has 0 aliphatic carbocycles. The van der Waals surface area contributed by atoms with E-state index in [1.165, 1.54) is 13.8 Å². The predicted molar refractivity (Wildman–Crippen MR) is 75.6 cm³/mol. The number of ketones is 1. The van der Waals surface area contributed by atoms with Crippen molar-refractivity contribution in [3.05, 3.63) is 29.3 Å². The topological polar surface area (TPSA) is 72.5 Å². The van der Waals surface area contributed by atoms with Gasteiger partial charge in [0.05, 0.1) is 6.42 Å². The summed E-state index contributed by atoms with van der Waals surface area (Å²) in [5, 5.41) is 3.16. The minimum atomic E-state index is -0.926. The molecule has 0 aliphatic heterocycles. The summed E-state index contributed by atoms with van der Waals surface area (Å²) in [6.07, 6.45) is -0.830. The fourth-order valence-electron chi connectivity index (χ4n) is 1.36. The second kappa shape index (κ2) is 7.65. The van der Waals surface area contributed by atoms with Crippen molar-refractivity contribution in [1.82, 2.24) is 0 Å². The van der Waals surface area contributed by atoms with Crippen LogP contribution in [0.2, 0.25) is 5.02 Å². The van der Waals surface area contributed by atoms with E-state index in [0.717, 1.165) is 0 Å². The smallest absolute Gasteiger partial charge is 0.307 e. The van der Waals surface area contributed by atoms with Gasteiger partial charge in [-0.05, 0) is 38.1 Å². The molecule has 0 radical (unpaired) electrons. The number of anilines is 1. The molecule has 1 amide bonds. The summed E-state index contributed by atoms with van der Waals surface area (Å²) in [5.41, 5.74) is 0.561. The van der Waals surface area contributed by atoms with Gasteiger partial charge in [-0.3, -0.25) is 9.59 Å². The van der Waals surface area contributed by atoms with Crippen molar-refractivity contribution in [3.63, 3.8) is 0 Å². The molecule has 108 valence electrons. The molecule has 1 N–H and O–H groups in total. The van der Waals surface area contributed by atoms with Crippen LogP contribution in [0, 0.1) is 0 Å². The third-order valence-corrected chi connectivity index (χ3v) is 2.72. The van der Waals surface area contributed by atoms with Crippen LogP contribution >= 0.6 is 11.6 Å². The number of rotatable bonds is 6. The minimum Gasteiger partial charge on any atom is -0.453 e. The highest BCUT2D eigenvalue weighted by Crippen LogP contribution is 2.14. The lowest BCUT2D eigenvalue weighted by Gasteiger charge is -2.13. The first kappa shape index (κ1) is 16.2. The first-order chi connectivity index (χ1) is 9.38. The fraction of sp³-hybridized carbons (Fsp3) is 0.357. The molecule has 0 spiro atoms. The number of esters is 1. The Morgan fingerprint density at radius 2 is 1.80 bits per heavy atom. The van der Waals surface area contributed by atoms with Crippen molar-refractivity contribution in [3.8, 4) is 0 Å². The second-order valence-electron chi connectivity index (χ2n) is 4.33. The molecule has 0 aromatic heterocycles. The van der Waals surface area contributed by atoms with Crippen molar-refractivity contribution < 1.29 is 19.1 Å². The molecule has 1 aromatic carbocycles. The molecule has 1 rings (SSSR count). The largest absolute Gasteiger partial charge is 0.453 e. The SMILES string of the molecule is CC(=O)CCC(=O)O[C@@H](C)C(=O)Nc1ccc(Cl)cc1. The summed E-state index contributed by atoms with van der Waals surface area (Å²) in [7, 11) is 0. The number of nitrogens with one attached hydrogen (secondary N) is 1. The molecule has 20 heavy (non-hydrogen) atoms. The van der Waals surface area contributed by atoms with E-state index < -0.39 is 18.0 Å². The first-order valence-electron chi connectivity index (χ1n) is 6.14. The van der Waals surface area contributed by atoms with Crippen molar-refractivity contribution in [2.75, 3.05) is 5.32 Å². The van der Waals surface area contributed by atoms with Gasteiger partial charge in [-0.1, -0.05) is 11.6 Å².